The van der Waals surface area contributed by atoms with Gasteiger partial charge in [0.2, 0.25) is 5.91 Å². The minimum Gasteiger partial charge on any atom is -0.486 e. The van der Waals surface area contributed by atoms with Crippen molar-refractivity contribution in [3.05, 3.63) is 65.0 Å². The summed E-state index contributed by atoms with van der Waals surface area (Å²) in [4.78, 5) is 19.9. The van der Waals surface area contributed by atoms with Gasteiger partial charge in [-0.05, 0) is 51.0 Å². The fourth-order valence-corrected chi connectivity index (χ4v) is 4.57. The van der Waals surface area contributed by atoms with Crippen molar-refractivity contribution in [1.82, 2.24) is 19.5 Å². The van der Waals surface area contributed by atoms with Crippen molar-refractivity contribution in [1.29, 1.82) is 0 Å². The molecule has 7 nitrogen and oxygen atoms in total. The summed E-state index contributed by atoms with van der Waals surface area (Å²) in [7, 11) is 0. The zero-order valence-electron chi connectivity index (χ0n) is 19.3. The van der Waals surface area contributed by atoms with Gasteiger partial charge in [0.1, 0.15) is 13.2 Å². The number of aryl methyl sites for hydroxylation is 2. The van der Waals surface area contributed by atoms with E-state index < -0.39 is 0 Å². The maximum absolute atomic E-state index is 13.2. The number of carbonyl (C=O) groups is 1. The zero-order valence-corrected chi connectivity index (χ0v) is 19.3. The van der Waals surface area contributed by atoms with E-state index in [1.807, 2.05) is 65.7 Å². The van der Waals surface area contributed by atoms with Crippen LogP contribution >= 0.6 is 0 Å². The van der Waals surface area contributed by atoms with Gasteiger partial charge in [-0.15, -0.1) is 0 Å². The smallest absolute Gasteiger partial charge is 0.223 e. The summed E-state index contributed by atoms with van der Waals surface area (Å²) in [5.41, 5.74) is 5.82. The molecule has 0 radical (unpaired) electrons. The Hall–Kier alpha value is -3.61. The molecule has 0 atom stereocenters. The summed E-state index contributed by atoms with van der Waals surface area (Å²) < 4.78 is 13.4. The van der Waals surface area contributed by atoms with Crippen molar-refractivity contribution in [3.8, 4) is 11.5 Å². The minimum atomic E-state index is 0.108. The van der Waals surface area contributed by atoms with Gasteiger partial charge in [0.25, 0.3) is 0 Å². The van der Waals surface area contributed by atoms with Gasteiger partial charge >= 0.3 is 0 Å². The van der Waals surface area contributed by atoms with Crippen LogP contribution < -0.4 is 9.47 Å². The number of fused-ring (bicyclic) bond motifs is 4. The number of ether oxygens (including phenoxy) is 2. The van der Waals surface area contributed by atoms with E-state index in [9.17, 15) is 4.79 Å². The van der Waals surface area contributed by atoms with E-state index in [2.05, 4.69) is 6.92 Å². The fourth-order valence-electron chi connectivity index (χ4n) is 4.57. The van der Waals surface area contributed by atoms with Crippen molar-refractivity contribution in [2.24, 2.45) is 0 Å². The SMILES string of the molecule is CCN(Cc1cccc2c1OCCO2)C(=O)CCc1c(C)nc2c3ccccc3nn2c1C. The van der Waals surface area contributed by atoms with Gasteiger partial charge in [-0.2, -0.15) is 5.10 Å². The average molecular weight is 445 g/mol. The molecule has 2 aromatic carbocycles. The Labute approximate surface area is 192 Å². The number of aromatic nitrogens is 3. The molecule has 1 aliphatic rings. The number of hydrogen-bond donors (Lipinski definition) is 0. The first-order chi connectivity index (χ1) is 16.1. The average Bonchev–Trinajstić information content (AvgIpc) is 3.21. The van der Waals surface area contributed by atoms with Crippen molar-refractivity contribution >= 4 is 22.5 Å². The largest absolute Gasteiger partial charge is 0.486 e. The van der Waals surface area contributed by atoms with Crippen LogP contribution in [0.5, 0.6) is 11.5 Å². The standard InChI is InChI=1S/C26H28N4O3/c1-4-29(16-19-8-7-11-23-25(19)33-15-14-32-23)24(31)13-12-20-17(2)27-26-21-9-5-6-10-22(21)28-30(26)18(20)3/h5-11H,4,12-16H2,1-3H3. The molecule has 170 valence electrons. The van der Waals surface area contributed by atoms with E-state index in [1.54, 1.807) is 0 Å². The third-order valence-electron chi connectivity index (χ3n) is 6.35. The highest BCUT2D eigenvalue weighted by atomic mass is 16.6. The second kappa shape index (κ2) is 8.73. The molecule has 0 fully saturated rings. The third-order valence-corrected chi connectivity index (χ3v) is 6.35. The minimum absolute atomic E-state index is 0.108. The summed E-state index contributed by atoms with van der Waals surface area (Å²) in [6.45, 7) is 8.28. The van der Waals surface area contributed by atoms with E-state index in [0.29, 0.717) is 39.1 Å². The van der Waals surface area contributed by atoms with Crippen LogP contribution in [0.4, 0.5) is 0 Å². The summed E-state index contributed by atoms with van der Waals surface area (Å²) in [6, 6.07) is 13.9. The van der Waals surface area contributed by atoms with Gasteiger partial charge in [0, 0.05) is 41.8 Å². The molecule has 0 aliphatic carbocycles. The number of amides is 1. The lowest BCUT2D eigenvalue weighted by molar-refractivity contribution is -0.131. The molecule has 0 saturated heterocycles. The topological polar surface area (TPSA) is 69.0 Å². The summed E-state index contributed by atoms with van der Waals surface area (Å²) in [5.74, 6) is 1.61. The predicted octanol–water partition coefficient (Wildman–Crippen LogP) is 4.25. The second-order valence-electron chi connectivity index (χ2n) is 8.36. The molecule has 1 aliphatic heterocycles. The lowest BCUT2D eigenvalue weighted by Crippen LogP contribution is -2.31. The second-order valence-corrected chi connectivity index (χ2v) is 8.36. The molecule has 7 heteroatoms. The summed E-state index contributed by atoms with van der Waals surface area (Å²) >= 11 is 0. The molecule has 5 rings (SSSR count). The van der Waals surface area contributed by atoms with Crippen molar-refractivity contribution in [2.75, 3.05) is 19.8 Å². The maximum atomic E-state index is 13.2. The van der Waals surface area contributed by atoms with Gasteiger partial charge in [0.15, 0.2) is 17.1 Å². The molecule has 0 bridgehead atoms. The van der Waals surface area contributed by atoms with Crippen LogP contribution in [0.1, 0.15) is 35.9 Å². The van der Waals surface area contributed by atoms with E-state index in [4.69, 9.17) is 19.6 Å². The highest BCUT2D eigenvalue weighted by Gasteiger charge is 2.21. The van der Waals surface area contributed by atoms with E-state index in [0.717, 1.165) is 50.6 Å². The first-order valence-corrected chi connectivity index (χ1v) is 11.5. The zero-order chi connectivity index (χ0) is 22.9. The third kappa shape index (κ3) is 3.88. The van der Waals surface area contributed by atoms with Crippen LogP contribution in [0, 0.1) is 13.8 Å². The predicted molar refractivity (Wildman–Crippen MR) is 127 cm³/mol. The number of hydrogen-bond acceptors (Lipinski definition) is 5. The number of benzene rings is 2. The molecule has 0 unspecified atom stereocenters. The van der Waals surface area contributed by atoms with Crippen LogP contribution in [-0.4, -0.2) is 45.2 Å². The van der Waals surface area contributed by atoms with Gasteiger partial charge in [0.05, 0.1) is 5.52 Å². The number of para-hydroxylation sites is 1. The first kappa shape index (κ1) is 21.2. The Morgan fingerprint density at radius 2 is 1.91 bits per heavy atom. The maximum Gasteiger partial charge on any atom is 0.223 e. The molecule has 0 spiro atoms. The van der Waals surface area contributed by atoms with Crippen molar-refractivity contribution < 1.29 is 14.3 Å². The van der Waals surface area contributed by atoms with E-state index in [1.165, 1.54) is 0 Å². The highest BCUT2D eigenvalue weighted by Crippen LogP contribution is 2.34. The lowest BCUT2D eigenvalue weighted by atomic mass is 10.1. The van der Waals surface area contributed by atoms with Crippen LogP contribution in [0.15, 0.2) is 42.5 Å². The fraction of sp³-hybridized carbons (Fsp3) is 0.346. The number of nitrogens with zero attached hydrogens (tertiary/aromatic N) is 4. The Morgan fingerprint density at radius 1 is 1.09 bits per heavy atom. The number of rotatable bonds is 6. The van der Waals surface area contributed by atoms with Gasteiger partial charge in [-0.25, -0.2) is 9.50 Å². The van der Waals surface area contributed by atoms with E-state index >= 15 is 0 Å². The van der Waals surface area contributed by atoms with Crippen LogP contribution in [0.25, 0.3) is 16.6 Å². The molecule has 4 aromatic rings. The lowest BCUT2D eigenvalue weighted by Gasteiger charge is -2.25. The molecule has 2 aromatic heterocycles. The van der Waals surface area contributed by atoms with Crippen molar-refractivity contribution in [2.45, 2.75) is 40.2 Å². The van der Waals surface area contributed by atoms with Crippen molar-refractivity contribution in [3.63, 3.8) is 0 Å². The Bertz CT molecular complexity index is 1340. The Kier molecular flexibility index (Phi) is 5.62. The van der Waals surface area contributed by atoms with Gasteiger partial charge in [-0.1, -0.05) is 24.3 Å². The molecule has 33 heavy (non-hydrogen) atoms. The molecule has 0 saturated carbocycles. The summed E-state index contributed by atoms with van der Waals surface area (Å²) in [5, 5.41) is 5.77. The molecule has 0 N–H and O–H groups in total. The van der Waals surface area contributed by atoms with Crippen LogP contribution in [-0.2, 0) is 17.8 Å². The molecular formula is C26H28N4O3. The summed E-state index contributed by atoms with van der Waals surface area (Å²) in [6.07, 6.45) is 1.04. The Balaban J connectivity index is 1.35. The van der Waals surface area contributed by atoms with E-state index in [-0.39, 0.29) is 5.91 Å². The number of carbonyl (C=O) groups excluding carboxylic acids is 1. The van der Waals surface area contributed by atoms with Gasteiger partial charge in [-0.3, -0.25) is 4.79 Å². The molecule has 1 amide bonds. The normalized spacial score (nSPS) is 12.9. The quantitative estimate of drug-likeness (QED) is 0.445. The molecule has 3 heterocycles. The van der Waals surface area contributed by atoms with Crippen LogP contribution in [0.3, 0.4) is 0 Å². The molecular weight excluding hydrogens is 416 g/mol. The Morgan fingerprint density at radius 3 is 2.76 bits per heavy atom. The first-order valence-electron chi connectivity index (χ1n) is 11.5. The highest BCUT2D eigenvalue weighted by molar-refractivity contribution is 5.92. The van der Waals surface area contributed by atoms with Crippen LogP contribution in [0.2, 0.25) is 0 Å². The monoisotopic (exact) mass is 444 g/mol. The van der Waals surface area contributed by atoms with Gasteiger partial charge < -0.3 is 14.4 Å².